The van der Waals surface area contributed by atoms with Crippen LogP contribution in [-0.4, -0.2) is 45.3 Å². The van der Waals surface area contributed by atoms with E-state index in [2.05, 4.69) is 9.97 Å². The van der Waals surface area contributed by atoms with E-state index >= 15 is 0 Å². The predicted octanol–water partition coefficient (Wildman–Crippen LogP) is 2.81. The number of nitrogens with two attached hydrogens (primary N) is 1. The third-order valence-corrected chi connectivity index (χ3v) is 6.33. The highest BCUT2D eigenvalue weighted by Gasteiger charge is 2.42. The lowest BCUT2D eigenvalue weighted by Crippen LogP contribution is -2.30. The number of hydrogen-bond donors (Lipinski definition) is 1. The van der Waals surface area contributed by atoms with Crippen molar-refractivity contribution in [3.8, 4) is 0 Å². The summed E-state index contributed by atoms with van der Waals surface area (Å²) in [6.07, 6.45) is -0.787. The van der Waals surface area contributed by atoms with Gasteiger partial charge in [0, 0.05) is 6.42 Å². The number of fused-ring (bicyclic) bond motifs is 1. The summed E-state index contributed by atoms with van der Waals surface area (Å²) in [5.74, 6) is -1.07. The molecule has 178 valence electrons. The summed E-state index contributed by atoms with van der Waals surface area (Å²) < 4.78 is 19.1. The molecule has 11 heteroatoms. The average molecular weight is 493 g/mol. The van der Waals surface area contributed by atoms with Crippen molar-refractivity contribution in [3.05, 3.63) is 87.7 Å². The van der Waals surface area contributed by atoms with Crippen LogP contribution in [0.15, 0.2) is 71.7 Å². The zero-order valence-electron chi connectivity index (χ0n) is 18.3. The number of hydrogen-bond acceptors (Lipinski definition) is 10. The van der Waals surface area contributed by atoms with E-state index in [-0.39, 0.29) is 29.5 Å². The minimum Gasteiger partial charge on any atom is -0.459 e. The fourth-order valence-electron chi connectivity index (χ4n) is 3.84. The molecule has 1 aliphatic rings. The highest BCUT2D eigenvalue weighted by atomic mass is 32.1. The number of anilines is 1. The van der Waals surface area contributed by atoms with Gasteiger partial charge in [-0.2, -0.15) is 4.98 Å². The lowest BCUT2D eigenvalue weighted by molar-refractivity contribution is -0.0601. The van der Waals surface area contributed by atoms with E-state index in [9.17, 15) is 14.4 Å². The van der Waals surface area contributed by atoms with E-state index in [4.69, 9.17) is 19.9 Å². The molecule has 1 aliphatic heterocycles. The number of rotatable bonds is 6. The van der Waals surface area contributed by atoms with Crippen LogP contribution in [-0.2, 0) is 14.2 Å². The zero-order valence-corrected chi connectivity index (χ0v) is 19.1. The van der Waals surface area contributed by atoms with Crippen molar-refractivity contribution in [2.45, 2.75) is 24.9 Å². The van der Waals surface area contributed by atoms with Crippen LogP contribution < -0.4 is 10.6 Å². The number of aromatic nitrogens is 3. The second-order valence-electron chi connectivity index (χ2n) is 7.81. The third-order valence-electron chi connectivity index (χ3n) is 5.45. The number of esters is 2. The highest BCUT2D eigenvalue weighted by Crippen LogP contribution is 2.34. The van der Waals surface area contributed by atoms with E-state index in [0.29, 0.717) is 15.8 Å². The van der Waals surface area contributed by atoms with Crippen molar-refractivity contribution in [3.63, 3.8) is 0 Å². The molecule has 0 aliphatic carbocycles. The Morgan fingerprint density at radius 2 is 1.71 bits per heavy atom. The van der Waals surface area contributed by atoms with Crippen molar-refractivity contribution >= 4 is 39.6 Å². The van der Waals surface area contributed by atoms with Gasteiger partial charge in [-0.25, -0.2) is 14.6 Å². The molecule has 1 fully saturated rings. The average Bonchev–Trinajstić information content (AvgIpc) is 3.42. The van der Waals surface area contributed by atoms with Crippen molar-refractivity contribution in [1.29, 1.82) is 0 Å². The van der Waals surface area contributed by atoms with Crippen LogP contribution in [0, 0.1) is 0 Å². The van der Waals surface area contributed by atoms with Crippen molar-refractivity contribution in [2.75, 3.05) is 12.3 Å². The maximum Gasteiger partial charge on any atom is 0.338 e. The fourth-order valence-corrected chi connectivity index (χ4v) is 4.65. The largest absolute Gasteiger partial charge is 0.459 e. The van der Waals surface area contributed by atoms with Crippen LogP contribution in [0.2, 0.25) is 0 Å². The van der Waals surface area contributed by atoms with Crippen LogP contribution in [0.1, 0.15) is 33.4 Å². The number of thiazole rings is 1. The van der Waals surface area contributed by atoms with Gasteiger partial charge in [0.15, 0.2) is 11.9 Å². The summed E-state index contributed by atoms with van der Waals surface area (Å²) in [4.78, 5) is 45.8. The molecule has 0 unspecified atom stereocenters. The summed E-state index contributed by atoms with van der Waals surface area (Å²) in [5.41, 5.74) is 6.78. The minimum atomic E-state index is -0.987. The molecule has 5 rings (SSSR count). The molecule has 2 aromatic carbocycles. The third kappa shape index (κ3) is 4.77. The molecule has 0 radical (unpaired) electrons. The molecular formula is C24H20N4O6S. The van der Waals surface area contributed by atoms with E-state index < -0.39 is 30.4 Å². The molecule has 0 amide bonds. The summed E-state index contributed by atoms with van der Waals surface area (Å²) in [6, 6.07) is 17.1. The molecule has 35 heavy (non-hydrogen) atoms. The molecule has 10 nitrogen and oxygen atoms in total. The molecule has 2 aromatic heterocycles. The number of nitrogen functional groups attached to an aromatic ring is 1. The molecule has 3 atom stereocenters. The summed E-state index contributed by atoms with van der Waals surface area (Å²) in [5, 5.41) is 0. The minimum absolute atomic E-state index is 0.00628. The molecule has 0 saturated carbocycles. The second kappa shape index (κ2) is 9.65. The van der Waals surface area contributed by atoms with Gasteiger partial charge in [-0.1, -0.05) is 47.7 Å². The van der Waals surface area contributed by atoms with Crippen molar-refractivity contribution < 1.29 is 23.8 Å². The maximum absolute atomic E-state index is 12.9. The second-order valence-corrected chi connectivity index (χ2v) is 8.81. The van der Waals surface area contributed by atoms with Crippen molar-refractivity contribution in [2.24, 2.45) is 0 Å². The first kappa shape index (κ1) is 22.7. The summed E-state index contributed by atoms with van der Waals surface area (Å²) in [6.45, 7) is -0.0858. The Morgan fingerprint density at radius 3 is 2.40 bits per heavy atom. The summed E-state index contributed by atoms with van der Waals surface area (Å²) in [7, 11) is 0. The molecule has 0 spiro atoms. The van der Waals surface area contributed by atoms with Crippen LogP contribution >= 0.6 is 11.3 Å². The molecule has 1 saturated heterocycles. The topological polar surface area (TPSA) is 136 Å². The van der Waals surface area contributed by atoms with Crippen molar-refractivity contribution in [1.82, 2.24) is 14.5 Å². The maximum atomic E-state index is 12.9. The molecule has 0 bridgehead atoms. The van der Waals surface area contributed by atoms with Gasteiger partial charge in [0.05, 0.1) is 28.1 Å². The molecule has 2 N–H and O–H groups in total. The first-order valence-electron chi connectivity index (χ1n) is 10.8. The standard InChI is InChI=1S/C24H20N4O6S/c25-23-26-12-18-19(27-23)28(24(31)35-18)20-17(34-22(30)15-9-5-2-6-10-15)11-16(33-20)13-32-21(29)14-7-3-1-4-8-14/h1-10,12,16-17,20H,11,13H2,(H2,25,26,27)/t16-,17+,20+/m0/s1. The number of benzene rings is 2. The Bertz CT molecular complexity index is 1420. The Kier molecular flexibility index (Phi) is 6.25. The van der Waals surface area contributed by atoms with Gasteiger partial charge in [0.25, 0.3) is 0 Å². The lowest BCUT2D eigenvalue weighted by Gasteiger charge is -2.20. The Labute approximate surface area is 202 Å². The SMILES string of the molecule is Nc1ncc2sc(=O)n([C@@H]3O[C@H](COC(=O)c4ccccc4)C[C@H]3OC(=O)c3ccccc3)c2n1. The van der Waals surface area contributed by atoms with Crippen LogP contribution in [0.5, 0.6) is 0 Å². The van der Waals surface area contributed by atoms with E-state index in [0.717, 1.165) is 11.3 Å². The predicted molar refractivity (Wildman–Crippen MR) is 127 cm³/mol. The quantitative estimate of drug-likeness (QED) is 0.403. The molecular weight excluding hydrogens is 472 g/mol. The van der Waals surface area contributed by atoms with Gasteiger partial charge in [0.1, 0.15) is 12.7 Å². The van der Waals surface area contributed by atoms with Gasteiger partial charge in [-0.05, 0) is 24.3 Å². The van der Waals surface area contributed by atoms with Gasteiger partial charge in [-0.3, -0.25) is 9.36 Å². The van der Waals surface area contributed by atoms with Gasteiger partial charge < -0.3 is 19.9 Å². The lowest BCUT2D eigenvalue weighted by atomic mass is 10.2. The smallest absolute Gasteiger partial charge is 0.338 e. The van der Waals surface area contributed by atoms with Gasteiger partial charge in [0.2, 0.25) is 5.95 Å². The normalized spacial score (nSPS) is 19.5. The summed E-state index contributed by atoms with van der Waals surface area (Å²) >= 11 is 0.929. The first-order valence-corrected chi connectivity index (χ1v) is 11.6. The number of ether oxygens (including phenoxy) is 3. The van der Waals surface area contributed by atoms with Crippen LogP contribution in [0.25, 0.3) is 10.3 Å². The monoisotopic (exact) mass is 492 g/mol. The van der Waals surface area contributed by atoms with E-state index in [1.165, 1.54) is 10.8 Å². The van der Waals surface area contributed by atoms with E-state index in [1.54, 1.807) is 60.7 Å². The molecule has 4 aromatic rings. The zero-order chi connectivity index (χ0) is 24.4. The van der Waals surface area contributed by atoms with Crippen LogP contribution in [0.4, 0.5) is 5.95 Å². The number of carbonyl (C=O) groups is 2. The Balaban J connectivity index is 1.41. The van der Waals surface area contributed by atoms with Gasteiger partial charge >= 0.3 is 16.8 Å². The number of carbonyl (C=O) groups excluding carboxylic acids is 2. The Hall–Kier alpha value is -4.09. The van der Waals surface area contributed by atoms with E-state index in [1.807, 2.05) is 0 Å². The highest BCUT2D eigenvalue weighted by molar-refractivity contribution is 7.16. The Morgan fingerprint density at radius 1 is 1.06 bits per heavy atom. The van der Waals surface area contributed by atoms with Gasteiger partial charge in [-0.15, -0.1) is 0 Å². The number of nitrogens with zero attached hydrogens (tertiary/aromatic N) is 3. The first-order chi connectivity index (χ1) is 17.0. The fraction of sp³-hybridized carbons (Fsp3) is 0.208. The van der Waals surface area contributed by atoms with Crippen LogP contribution in [0.3, 0.4) is 0 Å². The molecule has 3 heterocycles.